The average molecular weight is 347 g/mol. The smallest absolute Gasteiger partial charge is 0.260 e. The molecule has 0 aliphatic rings. The van der Waals surface area contributed by atoms with Gasteiger partial charge < -0.3 is 5.32 Å². The van der Waals surface area contributed by atoms with Crippen LogP contribution in [-0.2, 0) is 11.3 Å². The molecular weight excluding hydrogens is 326 g/mol. The predicted octanol–water partition coefficient (Wildman–Crippen LogP) is 1.08. The van der Waals surface area contributed by atoms with E-state index in [0.717, 1.165) is 25.8 Å². The third kappa shape index (κ3) is 5.02. The summed E-state index contributed by atoms with van der Waals surface area (Å²) in [5.41, 5.74) is 5.62. The summed E-state index contributed by atoms with van der Waals surface area (Å²) in [6.45, 7) is 2.87. The number of aromatic nitrogens is 2. The first-order chi connectivity index (χ1) is 11.6. The van der Waals surface area contributed by atoms with Gasteiger partial charge in [0.2, 0.25) is 5.43 Å². The van der Waals surface area contributed by atoms with Gasteiger partial charge in [-0.15, -0.1) is 0 Å². The Hall–Kier alpha value is -2.48. The first-order valence-electron chi connectivity index (χ1n) is 7.89. The number of carbonyl (C=O) groups is 1. The molecule has 7 nitrogen and oxygen atoms in total. The fraction of sp³-hybridized carbons (Fsp3) is 0.375. The van der Waals surface area contributed by atoms with Gasteiger partial charge in [0, 0.05) is 11.9 Å². The molecule has 128 valence electrons. The minimum atomic E-state index is -0.311. The molecule has 0 spiro atoms. The summed E-state index contributed by atoms with van der Waals surface area (Å²) in [7, 11) is 0. The molecule has 1 aromatic carbocycles. The van der Waals surface area contributed by atoms with Crippen LogP contribution in [0.5, 0.6) is 0 Å². The number of amides is 1. The summed E-state index contributed by atoms with van der Waals surface area (Å²) in [6.07, 6.45) is 4.51. The molecule has 24 heavy (non-hydrogen) atoms. The standard InChI is InChI=1S/C16H21N5O2S/c1-2-3-6-9-17-16(24)20-19-15(23)11-21-13-8-5-4-7-12(13)14(22)10-18-21/h4-5,7-8,10H,2-3,6,9,11H2,1H3,(H,19,23)(H2,17,20,24). The Balaban J connectivity index is 1.88. The highest BCUT2D eigenvalue weighted by molar-refractivity contribution is 7.80. The zero-order chi connectivity index (χ0) is 17.4. The lowest BCUT2D eigenvalue weighted by Crippen LogP contribution is -2.48. The lowest BCUT2D eigenvalue weighted by molar-refractivity contribution is -0.122. The molecule has 2 aromatic rings. The van der Waals surface area contributed by atoms with Gasteiger partial charge in [0.25, 0.3) is 5.91 Å². The minimum absolute atomic E-state index is 0.0216. The van der Waals surface area contributed by atoms with E-state index in [1.54, 1.807) is 24.3 Å². The van der Waals surface area contributed by atoms with Crippen LogP contribution in [0.1, 0.15) is 26.2 Å². The Labute approximate surface area is 145 Å². The molecule has 0 saturated carbocycles. The maximum atomic E-state index is 12.0. The van der Waals surface area contributed by atoms with E-state index in [4.69, 9.17) is 12.2 Å². The quantitative estimate of drug-likeness (QED) is 0.412. The Morgan fingerprint density at radius 2 is 2.04 bits per heavy atom. The number of fused-ring (bicyclic) bond motifs is 1. The molecule has 0 unspecified atom stereocenters. The Morgan fingerprint density at radius 1 is 1.25 bits per heavy atom. The van der Waals surface area contributed by atoms with E-state index < -0.39 is 0 Å². The van der Waals surface area contributed by atoms with Gasteiger partial charge in [-0.2, -0.15) is 5.10 Å². The van der Waals surface area contributed by atoms with Gasteiger partial charge in [-0.1, -0.05) is 31.9 Å². The number of hydrazine groups is 1. The second-order valence-corrected chi connectivity index (χ2v) is 5.73. The number of rotatable bonds is 6. The van der Waals surface area contributed by atoms with Crippen LogP contribution in [0, 0.1) is 0 Å². The Kier molecular flexibility index (Phi) is 6.68. The molecule has 8 heteroatoms. The molecular formula is C16H21N5O2S. The van der Waals surface area contributed by atoms with E-state index in [0.29, 0.717) is 16.0 Å². The van der Waals surface area contributed by atoms with Crippen molar-refractivity contribution >= 4 is 34.1 Å². The monoisotopic (exact) mass is 347 g/mol. The number of para-hydroxylation sites is 1. The summed E-state index contributed by atoms with van der Waals surface area (Å²) in [5, 5.41) is 7.93. The third-order valence-corrected chi connectivity index (χ3v) is 3.68. The van der Waals surface area contributed by atoms with Gasteiger partial charge >= 0.3 is 0 Å². The lowest BCUT2D eigenvalue weighted by atomic mass is 10.2. The molecule has 0 bridgehead atoms. The first-order valence-corrected chi connectivity index (χ1v) is 8.30. The van der Waals surface area contributed by atoms with E-state index >= 15 is 0 Å². The predicted molar refractivity (Wildman–Crippen MR) is 97.4 cm³/mol. The normalized spacial score (nSPS) is 10.4. The number of hydrogen-bond donors (Lipinski definition) is 3. The minimum Gasteiger partial charge on any atom is -0.361 e. The molecule has 1 heterocycles. The summed E-state index contributed by atoms with van der Waals surface area (Å²) in [5.74, 6) is -0.311. The average Bonchev–Trinajstić information content (AvgIpc) is 2.60. The highest BCUT2D eigenvalue weighted by Gasteiger charge is 2.08. The molecule has 0 saturated heterocycles. The van der Waals surface area contributed by atoms with Gasteiger partial charge in [0.05, 0.1) is 11.7 Å². The fourth-order valence-corrected chi connectivity index (χ4v) is 2.36. The van der Waals surface area contributed by atoms with Crippen LogP contribution < -0.4 is 21.6 Å². The van der Waals surface area contributed by atoms with Gasteiger partial charge in [-0.05, 0) is 30.8 Å². The number of nitrogens with one attached hydrogen (secondary N) is 3. The highest BCUT2D eigenvalue weighted by Crippen LogP contribution is 2.07. The third-order valence-electron chi connectivity index (χ3n) is 3.44. The molecule has 1 amide bonds. The van der Waals surface area contributed by atoms with Gasteiger partial charge in [0.15, 0.2) is 5.11 Å². The second kappa shape index (κ2) is 8.97. The van der Waals surface area contributed by atoms with Crippen molar-refractivity contribution in [2.24, 2.45) is 0 Å². The topological polar surface area (TPSA) is 88.0 Å². The maximum absolute atomic E-state index is 12.0. The molecule has 1 aromatic heterocycles. The van der Waals surface area contributed by atoms with E-state index in [1.165, 1.54) is 10.9 Å². The maximum Gasteiger partial charge on any atom is 0.260 e. The number of hydrogen-bond acceptors (Lipinski definition) is 4. The van der Waals surface area contributed by atoms with Gasteiger partial charge in [0.1, 0.15) is 6.54 Å². The Bertz CT molecular complexity index is 774. The van der Waals surface area contributed by atoms with Crippen LogP contribution in [0.25, 0.3) is 10.9 Å². The van der Waals surface area contributed by atoms with Crippen molar-refractivity contribution in [2.75, 3.05) is 6.54 Å². The largest absolute Gasteiger partial charge is 0.361 e. The van der Waals surface area contributed by atoms with Gasteiger partial charge in [-0.3, -0.25) is 25.1 Å². The molecule has 0 radical (unpaired) electrons. The SMILES string of the molecule is CCCCCNC(=S)NNC(=O)Cn1ncc(=O)c2ccccc21. The van der Waals surface area contributed by atoms with Gasteiger partial charge in [-0.25, -0.2) is 0 Å². The molecule has 2 rings (SSSR count). The highest BCUT2D eigenvalue weighted by atomic mass is 32.1. The molecule has 0 fully saturated rings. The fourth-order valence-electron chi connectivity index (χ4n) is 2.21. The molecule has 0 aliphatic heterocycles. The van der Waals surface area contributed by atoms with E-state index in [-0.39, 0.29) is 17.9 Å². The summed E-state index contributed by atoms with van der Waals surface area (Å²) in [6, 6.07) is 7.04. The molecule has 0 aliphatic carbocycles. The van der Waals surface area contributed by atoms with Crippen LogP contribution in [0.15, 0.2) is 35.3 Å². The zero-order valence-corrected chi connectivity index (χ0v) is 14.4. The van der Waals surface area contributed by atoms with Crippen LogP contribution in [0.2, 0.25) is 0 Å². The van der Waals surface area contributed by atoms with Crippen molar-refractivity contribution in [3.05, 3.63) is 40.7 Å². The van der Waals surface area contributed by atoms with Crippen LogP contribution in [0.3, 0.4) is 0 Å². The zero-order valence-electron chi connectivity index (χ0n) is 13.5. The van der Waals surface area contributed by atoms with Crippen molar-refractivity contribution in [1.82, 2.24) is 25.9 Å². The van der Waals surface area contributed by atoms with Crippen molar-refractivity contribution in [2.45, 2.75) is 32.7 Å². The summed E-state index contributed by atoms with van der Waals surface area (Å²) in [4.78, 5) is 23.8. The van der Waals surface area contributed by atoms with E-state index in [1.807, 2.05) is 0 Å². The number of carbonyl (C=O) groups excluding carboxylic acids is 1. The van der Waals surface area contributed by atoms with Crippen molar-refractivity contribution < 1.29 is 4.79 Å². The lowest BCUT2D eigenvalue weighted by Gasteiger charge is -2.12. The summed E-state index contributed by atoms with van der Waals surface area (Å²) < 4.78 is 1.48. The van der Waals surface area contributed by atoms with E-state index in [2.05, 4.69) is 28.2 Å². The van der Waals surface area contributed by atoms with E-state index in [9.17, 15) is 9.59 Å². The van der Waals surface area contributed by atoms with Crippen LogP contribution in [0.4, 0.5) is 0 Å². The molecule has 0 atom stereocenters. The number of unbranched alkanes of at least 4 members (excludes halogenated alkanes) is 2. The number of nitrogens with zero attached hydrogens (tertiary/aromatic N) is 2. The number of benzene rings is 1. The van der Waals surface area contributed by atoms with Crippen molar-refractivity contribution in [1.29, 1.82) is 0 Å². The first kappa shape index (κ1) is 17.9. The van der Waals surface area contributed by atoms with Crippen LogP contribution in [-0.4, -0.2) is 27.3 Å². The Morgan fingerprint density at radius 3 is 2.83 bits per heavy atom. The number of thiocarbonyl (C=S) groups is 1. The van der Waals surface area contributed by atoms with Crippen LogP contribution >= 0.6 is 12.2 Å². The van der Waals surface area contributed by atoms with Crippen molar-refractivity contribution in [3.63, 3.8) is 0 Å². The summed E-state index contributed by atoms with van der Waals surface area (Å²) >= 11 is 5.08. The molecule has 3 N–H and O–H groups in total. The van der Waals surface area contributed by atoms with Crippen molar-refractivity contribution in [3.8, 4) is 0 Å². The second-order valence-electron chi connectivity index (χ2n) is 5.32.